The monoisotopic (exact) mass is 167 g/mol. The molecule has 0 saturated heterocycles. The lowest BCUT2D eigenvalue weighted by Gasteiger charge is -2.04. The maximum absolute atomic E-state index is 4.34. The SMILES string of the molecule is CNCc1cc(C)ccc1S. The van der Waals surface area contributed by atoms with E-state index >= 15 is 0 Å². The Morgan fingerprint density at radius 2 is 2.18 bits per heavy atom. The summed E-state index contributed by atoms with van der Waals surface area (Å²) < 4.78 is 0. The van der Waals surface area contributed by atoms with Crippen LogP contribution in [0.2, 0.25) is 0 Å². The Morgan fingerprint density at radius 1 is 1.45 bits per heavy atom. The standard InChI is InChI=1S/C9H13NS/c1-7-3-4-9(11)8(5-7)6-10-2/h3-5,10-11H,6H2,1-2H3. The van der Waals surface area contributed by atoms with Gasteiger partial charge in [-0.2, -0.15) is 0 Å². The molecule has 2 heteroatoms. The molecule has 0 radical (unpaired) electrons. The minimum absolute atomic E-state index is 0.889. The number of hydrogen-bond acceptors (Lipinski definition) is 2. The molecule has 1 aromatic rings. The maximum atomic E-state index is 4.34. The lowest BCUT2D eigenvalue weighted by Crippen LogP contribution is -2.05. The summed E-state index contributed by atoms with van der Waals surface area (Å²) in [5, 5.41) is 3.10. The van der Waals surface area contributed by atoms with Crippen molar-refractivity contribution in [3.8, 4) is 0 Å². The van der Waals surface area contributed by atoms with E-state index in [-0.39, 0.29) is 0 Å². The second kappa shape index (κ2) is 3.79. The summed E-state index contributed by atoms with van der Waals surface area (Å²) >= 11 is 4.34. The molecule has 0 aliphatic heterocycles. The summed E-state index contributed by atoms with van der Waals surface area (Å²) in [6.07, 6.45) is 0. The van der Waals surface area contributed by atoms with Crippen LogP contribution in [-0.4, -0.2) is 7.05 Å². The van der Waals surface area contributed by atoms with Crippen LogP contribution in [0.25, 0.3) is 0 Å². The molecule has 0 unspecified atom stereocenters. The normalized spacial score (nSPS) is 10.1. The Balaban J connectivity index is 2.93. The average Bonchev–Trinajstić information content (AvgIpc) is 1.98. The fraction of sp³-hybridized carbons (Fsp3) is 0.333. The molecular formula is C9H13NS. The van der Waals surface area contributed by atoms with Crippen molar-refractivity contribution in [1.82, 2.24) is 5.32 Å². The first-order valence-corrected chi connectivity index (χ1v) is 4.12. The molecule has 0 amide bonds. The first-order valence-electron chi connectivity index (χ1n) is 3.67. The van der Waals surface area contributed by atoms with E-state index in [1.165, 1.54) is 11.1 Å². The molecule has 0 bridgehead atoms. The molecule has 60 valence electrons. The van der Waals surface area contributed by atoms with Gasteiger partial charge < -0.3 is 5.32 Å². The van der Waals surface area contributed by atoms with Crippen molar-refractivity contribution in [2.24, 2.45) is 0 Å². The number of nitrogens with one attached hydrogen (secondary N) is 1. The molecule has 11 heavy (non-hydrogen) atoms. The molecule has 0 spiro atoms. The van der Waals surface area contributed by atoms with Crippen molar-refractivity contribution in [2.75, 3.05) is 7.05 Å². The number of aryl methyl sites for hydroxylation is 1. The van der Waals surface area contributed by atoms with Crippen LogP contribution < -0.4 is 5.32 Å². The molecule has 0 aliphatic carbocycles. The average molecular weight is 167 g/mol. The van der Waals surface area contributed by atoms with Gasteiger partial charge in [0.25, 0.3) is 0 Å². The third-order valence-electron chi connectivity index (χ3n) is 1.60. The van der Waals surface area contributed by atoms with Gasteiger partial charge in [-0.05, 0) is 25.6 Å². The predicted octanol–water partition coefficient (Wildman–Crippen LogP) is 2.00. The molecule has 0 fully saturated rings. The molecule has 0 aromatic heterocycles. The Hall–Kier alpha value is -0.470. The largest absolute Gasteiger partial charge is 0.316 e. The zero-order valence-corrected chi connectivity index (χ0v) is 7.78. The minimum Gasteiger partial charge on any atom is -0.316 e. The summed E-state index contributed by atoms with van der Waals surface area (Å²) in [6.45, 7) is 2.98. The first-order chi connectivity index (χ1) is 5.24. The van der Waals surface area contributed by atoms with Gasteiger partial charge in [0.05, 0.1) is 0 Å². The van der Waals surface area contributed by atoms with Crippen LogP contribution in [0.5, 0.6) is 0 Å². The fourth-order valence-electron chi connectivity index (χ4n) is 1.05. The Morgan fingerprint density at radius 3 is 2.82 bits per heavy atom. The number of benzene rings is 1. The summed E-state index contributed by atoms with van der Waals surface area (Å²) in [7, 11) is 1.94. The van der Waals surface area contributed by atoms with Crippen LogP contribution >= 0.6 is 12.6 Å². The molecule has 0 atom stereocenters. The third-order valence-corrected chi connectivity index (χ3v) is 2.04. The number of rotatable bonds is 2. The molecule has 1 nitrogen and oxygen atoms in total. The maximum Gasteiger partial charge on any atom is 0.0213 e. The van der Waals surface area contributed by atoms with Gasteiger partial charge in [-0.3, -0.25) is 0 Å². The zero-order valence-electron chi connectivity index (χ0n) is 6.89. The summed E-state index contributed by atoms with van der Waals surface area (Å²) in [5.41, 5.74) is 2.55. The van der Waals surface area contributed by atoms with E-state index in [9.17, 15) is 0 Å². The Kier molecular flexibility index (Phi) is 2.97. The second-order valence-electron chi connectivity index (χ2n) is 2.66. The summed E-state index contributed by atoms with van der Waals surface area (Å²) in [6, 6.07) is 6.26. The minimum atomic E-state index is 0.889. The molecule has 1 N–H and O–H groups in total. The lowest BCUT2D eigenvalue weighted by atomic mass is 10.1. The van der Waals surface area contributed by atoms with E-state index < -0.39 is 0 Å². The number of hydrogen-bond donors (Lipinski definition) is 2. The number of thiol groups is 1. The highest BCUT2D eigenvalue weighted by Gasteiger charge is 1.96. The molecule has 1 rings (SSSR count). The van der Waals surface area contributed by atoms with Crippen LogP contribution in [0.4, 0.5) is 0 Å². The van der Waals surface area contributed by atoms with E-state index in [0.717, 1.165) is 11.4 Å². The quantitative estimate of drug-likeness (QED) is 0.642. The van der Waals surface area contributed by atoms with Gasteiger partial charge in [-0.1, -0.05) is 17.7 Å². The van der Waals surface area contributed by atoms with E-state index in [1.54, 1.807) is 0 Å². The van der Waals surface area contributed by atoms with E-state index in [2.05, 4.69) is 37.0 Å². The molecular weight excluding hydrogens is 154 g/mol. The molecule has 0 saturated carbocycles. The highest BCUT2D eigenvalue weighted by molar-refractivity contribution is 7.80. The topological polar surface area (TPSA) is 12.0 Å². The van der Waals surface area contributed by atoms with E-state index in [4.69, 9.17) is 0 Å². The van der Waals surface area contributed by atoms with Crippen molar-refractivity contribution in [3.05, 3.63) is 29.3 Å². The predicted molar refractivity (Wildman–Crippen MR) is 51.2 cm³/mol. The van der Waals surface area contributed by atoms with Crippen molar-refractivity contribution >= 4 is 12.6 Å². The van der Waals surface area contributed by atoms with E-state index in [0.29, 0.717) is 0 Å². The summed E-state index contributed by atoms with van der Waals surface area (Å²) in [4.78, 5) is 1.06. The lowest BCUT2D eigenvalue weighted by molar-refractivity contribution is 0.802. The van der Waals surface area contributed by atoms with E-state index in [1.807, 2.05) is 13.1 Å². The first kappa shape index (κ1) is 8.62. The van der Waals surface area contributed by atoms with Crippen molar-refractivity contribution in [1.29, 1.82) is 0 Å². The van der Waals surface area contributed by atoms with Crippen molar-refractivity contribution in [3.63, 3.8) is 0 Å². The van der Waals surface area contributed by atoms with Crippen molar-refractivity contribution in [2.45, 2.75) is 18.4 Å². The Bertz CT molecular complexity index is 245. The highest BCUT2D eigenvalue weighted by atomic mass is 32.1. The Labute approximate surface area is 73.2 Å². The van der Waals surface area contributed by atoms with Crippen LogP contribution in [-0.2, 0) is 6.54 Å². The van der Waals surface area contributed by atoms with Gasteiger partial charge in [0.2, 0.25) is 0 Å². The third kappa shape index (κ3) is 2.24. The smallest absolute Gasteiger partial charge is 0.0213 e. The van der Waals surface area contributed by atoms with Crippen LogP contribution in [0.1, 0.15) is 11.1 Å². The van der Waals surface area contributed by atoms with Gasteiger partial charge in [0.15, 0.2) is 0 Å². The molecule has 0 heterocycles. The van der Waals surface area contributed by atoms with Gasteiger partial charge in [-0.15, -0.1) is 12.6 Å². The van der Waals surface area contributed by atoms with Crippen molar-refractivity contribution < 1.29 is 0 Å². The molecule has 0 aliphatic rings. The van der Waals surface area contributed by atoms with Gasteiger partial charge in [0.1, 0.15) is 0 Å². The van der Waals surface area contributed by atoms with Crippen LogP contribution in [0.15, 0.2) is 23.1 Å². The van der Waals surface area contributed by atoms with Crippen LogP contribution in [0, 0.1) is 6.92 Å². The zero-order chi connectivity index (χ0) is 8.27. The second-order valence-corrected chi connectivity index (χ2v) is 3.14. The highest BCUT2D eigenvalue weighted by Crippen LogP contribution is 2.14. The fourth-order valence-corrected chi connectivity index (χ4v) is 1.26. The van der Waals surface area contributed by atoms with Gasteiger partial charge >= 0.3 is 0 Å². The summed E-state index contributed by atoms with van der Waals surface area (Å²) in [5.74, 6) is 0. The van der Waals surface area contributed by atoms with Gasteiger partial charge in [-0.25, -0.2) is 0 Å². The van der Waals surface area contributed by atoms with Crippen LogP contribution in [0.3, 0.4) is 0 Å². The molecule has 1 aromatic carbocycles. The van der Waals surface area contributed by atoms with Gasteiger partial charge in [0, 0.05) is 11.4 Å².